The average molecular weight is 350 g/mol. The largest absolute Gasteiger partial charge is 0.361 e. The number of amides is 1. The molecule has 3 aromatic rings. The Balaban J connectivity index is 1.64. The van der Waals surface area contributed by atoms with Crippen molar-refractivity contribution in [2.75, 3.05) is 0 Å². The number of aromatic nitrogens is 3. The molecule has 0 unspecified atom stereocenters. The molecule has 1 N–H and O–H groups in total. The quantitative estimate of drug-likeness (QED) is 0.781. The minimum absolute atomic E-state index is 0.154. The van der Waals surface area contributed by atoms with Gasteiger partial charge in [0.05, 0.1) is 12.2 Å². The smallest absolute Gasteiger partial charge is 0.272 e. The molecule has 134 valence electrons. The van der Waals surface area contributed by atoms with Gasteiger partial charge in [0.1, 0.15) is 23.0 Å². The fraction of sp³-hybridized carbons (Fsp3) is 0.350. The maximum Gasteiger partial charge on any atom is 0.272 e. The molecule has 0 atom stereocenters. The van der Waals surface area contributed by atoms with Crippen molar-refractivity contribution in [1.82, 2.24) is 20.0 Å². The summed E-state index contributed by atoms with van der Waals surface area (Å²) in [5, 5.41) is 6.85. The predicted octanol–water partition coefficient (Wildman–Crippen LogP) is 3.50. The number of benzene rings is 1. The second-order valence-electron chi connectivity index (χ2n) is 6.67. The molecule has 6 heteroatoms. The second kappa shape index (κ2) is 7.15. The zero-order valence-corrected chi connectivity index (χ0v) is 14.9. The van der Waals surface area contributed by atoms with E-state index in [1.807, 2.05) is 43.3 Å². The van der Waals surface area contributed by atoms with Crippen molar-refractivity contribution in [1.29, 1.82) is 0 Å². The van der Waals surface area contributed by atoms with Gasteiger partial charge in [0.2, 0.25) is 0 Å². The Hall–Kier alpha value is -2.89. The topological polar surface area (TPSA) is 73.0 Å². The SMILES string of the molecule is Cc1cc(CNC(=O)c2nc(-c3ccccc3)n3c2CCCCC3)no1. The van der Waals surface area contributed by atoms with Gasteiger partial charge >= 0.3 is 0 Å². The highest BCUT2D eigenvalue weighted by Crippen LogP contribution is 2.27. The number of imidazole rings is 1. The predicted molar refractivity (Wildman–Crippen MR) is 97.6 cm³/mol. The molecule has 2 aromatic heterocycles. The lowest BCUT2D eigenvalue weighted by molar-refractivity contribution is 0.0944. The Morgan fingerprint density at radius 3 is 2.85 bits per heavy atom. The molecule has 0 bridgehead atoms. The molecule has 0 radical (unpaired) electrons. The van der Waals surface area contributed by atoms with Crippen LogP contribution in [0.4, 0.5) is 0 Å². The fourth-order valence-corrected chi connectivity index (χ4v) is 3.47. The van der Waals surface area contributed by atoms with Gasteiger partial charge in [-0.25, -0.2) is 4.98 Å². The third-order valence-corrected chi connectivity index (χ3v) is 4.72. The van der Waals surface area contributed by atoms with E-state index in [9.17, 15) is 4.79 Å². The molecule has 1 amide bonds. The minimum Gasteiger partial charge on any atom is -0.361 e. The van der Waals surface area contributed by atoms with E-state index in [2.05, 4.69) is 15.0 Å². The van der Waals surface area contributed by atoms with Crippen LogP contribution in [0, 0.1) is 6.92 Å². The summed E-state index contributed by atoms with van der Waals surface area (Å²) in [6.45, 7) is 3.07. The van der Waals surface area contributed by atoms with E-state index >= 15 is 0 Å². The van der Waals surface area contributed by atoms with Crippen LogP contribution in [0.2, 0.25) is 0 Å². The van der Waals surface area contributed by atoms with Gasteiger partial charge in [-0.2, -0.15) is 0 Å². The Bertz CT molecular complexity index is 911. The molecule has 0 saturated heterocycles. The molecule has 4 rings (SSSR count). The number of fused-ring (bicyclic) bond motifs is 1. The maximum absolute atomic E-state index is 12.8. The van der Waals surface area contributed by atoms with Crippen LogP contribution in [0.3, 0.4) is 0 Å². The van der Waals surface area contributed by atoms with Crippen molar-refractivity contribution in [2.24, 2.45) is 0 Å². The van der Waals surface area contributed by atoms with Gasteiger partial charge < -0.3 is 14.4 Å². The first-order chi connectivity index (χ1) is 12.7. The van der Waals surface area contributed by atoms with E-state index < -0.39 is 0 Å². The van der Waals surface area contributed by atoms with Crippen molar-refractivity contribution >= 4 is 5.91 Å². The van der Waals surface area contributed by atoms with Crippen molar-refractivity contribution in [3.63, 3.8) is 0 Å². The van der Waals surface area contributed by atoms with Gasteiger partial charge in [-0.3, -0.25) is 4.79 Å². The summed E-state index contributed by atoms with van der Waals surface area (Å²) in [7, 11) is 0. The molecule has 0 aliphatic carbocycles. The number of aryl methyl sites for hydroxylation is 1. The summed E-state index contributed by atoms with van der Waals surface area (Å²) in [4.78, 5) is 17.5. The summed E-state index contributed by atoms with van der Waals surface area (Å²) >= 11 is 0. The van der Waals surface area contributed by atoms with E-state index in [1.54, 1.807) is 0 Å². The number of hydrogen-bond donors (Lipinski definition) is 1. The van der Waals surface area contributed by atoms with Crippen molar-refractivity contribution in [2.45, 2.75) is 45.7 Å². The summed E-state index contributed by atoms with van der Waals surface area (Å²) in [6, 6.07) is 11.9. The lowest BCUT2D eigenvalue weighted by atomic mass is 10.1. The van der Waals surface area contributed by atoms with Gasteiger partial charge in [-0.15, -0.1) is 0 Å². The van der Waals surface area contributed by atoms with Crippen LogP contribution in [-0.2, 0) is 19.5 Å². The van der Waals surface area contributed by atoms with Gasteiger partial charge in [0, 0.05) is 18.2 Å². The zero-order chi connectivity index (χ0) is 17.9. The first kappa shape index (κ1) is 16.6. The Kier molecular flexibility index (Phi) is 4.56. The molecule has 0 spiro atoms. The van der Waals surface area contributed by atoms with Crippen LogP contribution in [0.15, 0.2) is 40.9 Å². The van der Waals surface area contributed by atoms with Gasteiger partial charge in [-0.05, 0) is 26.2 Å². The lowest BCUT2D eigenvalue weighted by Crippen LogP contribution is -2.24. The molecule has 1 aliphatic heterocycles. The molecular weight excluding hydrogens is 328 g/mol. The zero-order valence-electron chi connectivity index (χ0n) is 14.9. The van der Waals surface area contributed by atoms with Gasteiger partial charge in [0.25, 0.3) is 5.91 Å². The van der Waals surface area contributed by atoms with E-state index in [4.69, 9.17) is 9.51 Å². The maximum atomic E-state index is 12.8. The third kappa shape index (κ3) is 3.27. The number of carbonyl (C=O) groups is 1. The van der Waals surface area contributed by atoms with Crippen molar-refractivity contribution in [3.8, 4) is 11.4 Å². The normalized spacial score (nSPS) is 13.9. The highest BCUT2D eigenvalue weighted by molar-refractivity contribution is 5.94. The van der Waals surface area contributed by atoms with Crippen LogP contribution >= 0.6 is 0 Å². The first-order valence-corrected chi connectivity index (χ1v) is 9.07. The van der Waals surface area contributed by atoms with Crippen LogP contribution in [-0.4, -0.2) is 20.6 Å². The first-order valence-electron chi connectivity index (χ1n) is 9.07. The fourth-order valence-electron chi connectivity index (χ4n) is 3.47. The number of nitrogens with zero attached hydrogens (tertiary/aromatic N) is 3. The summed E-state index contributed by atoms with van der Waals surface area (Å²) < 4.78 is 7.27. The van der Waals surface area contributed by atoms with Crippen LogP contribution in [0.25, 0.3) is 11.4 Å². The minimum atomic E-state index is -0.154. The van der Waals surface area contributed by atoms with E-state index in [1.165, 1.54) is 6.42 Å². The molecule has 3 heterocycles. The van der Waals surface area contributed by atoms with Crippen molar-refractivity contribution in [3.05, 3.63) is 59.2 Å². The average Bonchev–Trinajstić information content (AvgIpc) is 3.16. The number of hydrogen-bond acceptors (Lipinski definition) is 4. The summed E-state index contributed by atoms with van der Waals surface area (Å²) in [5.41, 5.74) is 3.33. The Morgan fingerprint density at radius 1 is 1.23 bits per heavy atom. The Morgan fingerprint density at radius 2 is 2.08 bits per heavy atom. The van der Waals surface area contributed by atoms with Crippen LogP contribution in [0.5, 0.6) is 0 Å². The summed E-state index contributed by atoms with van der Waals surface area (Å²) in [5.74, 6) is 1.46. The monoisotopic (exact) mass is 350 g/mol. The highest BCUT2D eigenvalue weighted by Gasteiger charge is 2.24. The highest BCUT2D eigenvalue weighted by atomic mass is 16.5. The number of nitrogens with one attached hydrogen (secondary N) is 1. The van der Waals surface area contributed by atoms with Gasteiger partial charge in [0.15, 0.2) is 0 Å². The third-order valence-electron chi connectivity index (χ3n) is 4.72. The van der Waals surface area contributed by atoms with Crippen LogP contribution < -0.4 is 5.32 Å². The molecule has 26 heavy (non-hydrogen) atoms. The van der Waals surface area contributed by atoms with E-state index in [0.29, 0.717) is 17.9 Å². The number of carbonyl (C=O) groups excluding carboxylic acids is 1. The second-order valence-corrected chi connectivity index (χ2v) is 6.67. The molecule has 1 aliphatic rings. The van der Waals surface area contributed by atoms with Gasteiger partial charge in [-0.1, -0.05) is 41.9 Å². The standard InChI is InChI=1S/C20H22N4O2/c1-14-12-16(23-26-14)13-21-20(25)18-17-10-6-3-7-11-24(17)19(22-18)15-8-4-2-5-9-15/h2,4-5,8-9,12H,3,6-7,10-11,13H2,1H3,(H,21,25). The number of rotatable bonds is 4. The van der Waals surface area contributed by atoms with E-state index in [0.717, 1.165) is 48.6 Å². The lowest BCUT2D eigenvalue weighted by Gasteiger charge is -2.08. The molecule has 1 aromatic carbocycles. The molecule has 0 fully saturated rings. The van der Waals surface area contributed by atoms with E-state index in [-0.39, 0.29) is 5.91 Å². The summed E-state index contributed by atoms with van der Waals surface area (Å²) in [6.07, 6.45) is 4.26. The molecule has 0 saturated carbocycles. The van der Waals surface area contributed by atoms with Crippen LogP contribution in [0.1, 0.15) is 46.9 Å². The molecular formula is C20H22N4O2. The van der Waals surface area contributed by atoms with Crippen molar-refractivity contribution < 1.29 is 9.32 Å². The Labute approximate surface area is 152 Å². The molecule has 6 nitrogen and oxygen atoms in total.